The summed E-state index contributed by atoms with van der Waals surface area (Å²) in [5.74, 6) is 6.16. The maximum atomic E-state index is 13.3. The molecule has 0 aliphatic heterocycles. The standard InChI is InChI=1S/C21H21N3O2/c1-14(22)19-23-17-11-7-8-15(12-13-21(2,3)26)18(17)20(25)24(19)16-9-5-4-6-10-16/h4-11,14,26H,22H2,1-3H3. The van der Waals surface area contributed by atoms with E-state index in [9.17, 15) is 9.90 Å². The minimum Gasteiger partial charge on any atom is -0.378 e. The number of rotatable bonds is 2. The number of nitrogens with zero attached hydrogens (tertiary/aromatic N) is 2. The van der Waals surface area contributed by atoms with Gasteiger partial charge in [0.1, 0.15) is 11.4 Å². The van der Waals surface area contributed by atoms with E-state index in [1.807, 2.05) is 30.3 Å². The van der Waals surface area contributed by atoms with Gasteiger partial charge in [-0.05, 0) is 45.0 Å². The molecular weight excluding hydrogens is 326 g/mol. The maximum absolute atomic E-state index is 13.3. The molecule has 132 valence electrons. The highest BCUT2D eigenvalue weighted by atomic mass is 16.3. The molecule has 3 rings (SSSR count). The Morgan fingerprint density at radius 3 is 2.46 bits per heavy atom. The molecular formula is C21H21N3O2. The van der Waals surface area contributed by atoms with Crippen LogP contribution < -0.4 is 11.3 Å². The lowest BCUT2D eigenvalue weighted by atomic mass is 10.1. The quantitative estimate of drug-likeness (QED) is 0.698. The lowest BCUT2D eigenvalue weighted by molar-refractivity contribution is 0.143. The predicted molar refractivity (Wildman–Crippen MR) is 103 cm³/mol. The molecule has 0 saturated carbocycles. The fraction of sp³-hybridized carbons (Fsp3) is 0.238. The Morgan fingerprint density at radius 2 is 1.85 bits per heavy atom. The Morgan fingerprint density at radius 1 is 1.15 bits per heavy atom. The first-order valence-corrected chi connectivity index (χ1v) is 8.40. The van der Waals surface area contributed by atoms with E-state index in [1.165, 1.54) is 4.57 Å². The van der Waals surface area contributed by atoms with Crippen molar-refractivity contribution in [2.24, 2.45) is 5.73 Å². The Hall–Kier alpha value is -2.94. The second-order valence-corrected chi connectivity index (χ2v) is 6.74. The van der Waals surface area contributed by atoms with Crippen LogP contribution in [0.5, 0.6) is 0 Å². The Kier molecular flexibility index (Phi) is 4.64. The number of para-hydroxylation sites is 1. The zero-order valence-electron chi connectivity index (χ0n) is 15.0. The molecule has 5 heteroatoms. The van der Waals surface area contributed by atoms with Crippen LogP contribution in [0.4, 0.5) is 0 Å². The van der Waals surface area contributed by atoms with Crippen molar-refractivity contribution in [3.63, 3.8) is 0 Å². The topological polar surface area (TPSA) is 81.1 Å². The Balaban J connectivity index is 2.40. The smallest absolute Gasteiger partial charge is 0.267 e. The van der Waals surface area contributed by atoms with Crippen LogP contribution in [-0.4, -0.2) is 20.3 Å². The first kappa shape index (κ1) is 17.9. The molecule has 0 aliphatic carbocycles. The second-order valence-electron chi connectivity index (χ2n) is 6.74. The summed E-state index contributed by atoms with van der Waals surface area (Å²) in [5.41, 5.74) is 6.47. The van der Waals surface area contributed by atoms with Gasteiger partial charge in [0.25, 0.3) is 5.56 Å². The molecule has 1 atom stereocenters. The van der Waals surface area contributed by atoms with Crippen LogP contribution in [-0.2, 0) is 0 Å². The average molecular weight is 347 g/mol. The van der Waals surface area contributed by atoms with E-state index < -0.39 is 11.6 Å². The van der Waals surface area contributed by atoms with Crippen molar-refractivity contribution in [2.75, 3.05) is 0 Å². The summed E-state index contributed by atoms with van der Waals surface area (Å²) in [6, 6.07) is 14.2. The maximum Gasteiger partial charge on any atom is 0.267 e. The largest absolute Gasteiger partial charge is 0.378 e. The molecule has 0 saturated heterocycles. The number of fused-ring (bicyclic) bond motifs is 1. The third kappa shape index (κ3) is 3.52. The molecule has 0 aliphatic rings. The van der Waals surface area contributed by atoms with E-state index >= 15 is 0 Å². The van der Waals surface area contributed by atoms with E-state index in [4.69, 9.17) is 5.73 Å². The molecule has 0 bridgehead atoms. The number of benzene rings is 2. The molecule has 0 spiro atoms. The number of hydrogen-bond donors (Lipinski definition) is 2. The normalized spacial score (nSPS) is 12.5. The number of aliphatic hydroxyl groups is 1. The van der Waals surface area contributed by atoms with Gasteiger partial charge in [-0.3, -0.25) is 9.36 Å². The monoisotopic (exact) mass is 347 g/mol. The van der Waals surface area contributed by atoms with Gasteiger partial charge in [0, 0.05) is 5.56 Å². The van der Waals surface area contributed by atoms with Gasteiger partial charge in [-0.25, -0.2) is 4.98 Å². The molecule has 26 heavy (non-hydrogen) atoms. The summed E-state index contributed by atoms with van der Waals surface area (Å²) in [6.45, 7) is 4.99. The van der Waals surface area contributed by atoms with Crippen LogP contribution in [0.3, 0.4) is 0 Å². The summed E-state index contributed by atoms with van der Waals surface area (Å²) in [5, 5.41) is 10.3. The molecule has 3 aromatic rings. The fourth-order valence-corrected chi connectivity index (χ4v) is 2.70. The summed E-state index contributed by atoms with van der Waals surface area (Å²) in [7, 11) is 0. The van der Waals surface area contributed by atoms with Crippen molar-refractivity contribution in [1.82, 2.24) is 9.55 Å². The molecule has 3 N–H and O–H groups in total. The van der Waals surface area contributed by atoms with Crippen LogP contribution in [0.25, 0.3) is 16.6 Å². The Labute approximate surface area is 152 Å². The van der Waals surface area contributed by atoms with E-state index in [-0.39, 0.29) is 5.56 Å². The number of hydrogen-bond acceptors (Lipinski definition) is 4. The van der Waals surface area contributed by atoms with Gasteiger partial charge in [0.2, 0.25) is 0 Å². The van der Waals surface area contributed by atoms with Crippen LogP contribution in [0, 0.1) is 11.8 Å². The van der Waals surface area contributed by atoms with Crippen molar-refractivity contribution < 1.29 is 5.11 Å². The van der Waals surface area contributed by atoms with Gasteiger partial charge in [0.05, 0.1) is 22.6 Å². The lowest BCUT2D eigenvalue weighted by Crippen LogP contribution is -2.28. The lowest BCUT2D eigenvalue weighted by Gasteiger charge is -2.16. The summed E-state index contributed by atoms with van der Waals surface area (Å²) in [6.07, 6.45) is 0. The van der Waals surface area contributed by atoms with Gasteiger partial charge in [-0.15, -0.1) is 0 Å². The van der Waals surface area contributed by atoms with Crippen LogP contribution in [0.1, 0.15) is 38.2 Å². The summed E-state index contributed by atoms with van der Waals surface area (Å²) < 4.78 is 1.53. The van der Waals surface area contributed by atoms with E-state index in [2.05, 4.69) is 16.8 Å². The molecule has 2 aromatic carbocycles. The van der Waals surface area contributed by atoms with Crippen LogP contribution >= 0.6 is 0 Å². The molecule has 1 aromatic heterocycles. The minimum absolute atomic E-state index is 0.228. The molecule has 1 unspecified atom stereocenters. The van der Waals surface area contributed by atoms with Crippen LogP contribution in [0.15, 0.2) is 53.3 Å². The molecule has 0 radical (unpaired) electrons. The van der Waals surface area contributed by atoms with Gasteiger partial charge >= 0.3 is 0 Å². The highest BCUT2D eigenvalue weighted by Gasteiger charge is 2.17. The third-order valence-electron chi connectivity index (χ3n) is 3.85. The Bertz CT molecular complexity index is 1070. The minimum atomic E-state index is -1.15. The molecule has 0 fully saturated rings. The fourth-order valence-electron chi connectivity index (χ4n) is 2.70. The van der Waals surface area contributed by atoms with Gasteiger partial charge in [-0.2, -0.15) is 0 Å². The summed E-state index contributed by atoms with van der Waals surface area (Å²) >= 11 is 0. The van der Waals surface area contributed by atoms with Crippen molar-refractivity contribution in [3.05, 3.63) is 70.3 Å². The van der Waals surface area contributed by atoms with Crippen molar-refractivity contribution in [1.29, 1.82) is 0 Å². The third-order valence-corrected chi connectivity index (χ3v) is 3.85. The zero-order valence-corrected chi connectivity index (χ0v) is 15.0. The average Bonchev–Trinajstić information content (AvgIpc) is 2.59. The highest BCUT2D eigenvalue weighted by molar-refractivity contribution is 5.84. The first-order valence-electron chi connectivity index (χ1n) is 8.40. The van der Waals surface area contributed by atoms with Crippen molar-refractivity contribution in [2.45, 2.75) is 32.4 Å². The molecule has 0 amide bonds. The van der Waals surface area contributed by atoms with E-state index in [0.29, 0.717) is 28.0 Å². The molecule has 5 nitrogen and oxygen atoms in total. The van der Waals surface area contributed by atoms with Crippen LogP contribution in [0.2, 0.25) is 0 Å². The van der Waals surface area contributed by atoms with E-state index in [1.54, 1.807) is 39.0 Å². The predicted octanol–water partition coefficient (Wildman–Crippen LogP) is 2.53. The molecule has 1 heterocycles. The van der Waals surface area contributed by atoms with Crippen molar-refractivity contribution in [3.8, 4) is 17.5 Å². The number of nitrogens with two attached hydrogens (primary N) is 1. The summed E-state index contributed by atoms with van der Waals surface area (Å²) in [4.78, 5) is 18.0. The second kappa shape index (κ2) is 6.75. The van der Waals surface area contributed by atoms with Gasteiger partial charge in [-0.1, -0.05) is 36.1 Å². The number of aromatic nitrogens is 2. The van der Waals surface area contributed by atoms with Gasteiger partial charge < -0.3 is 10.8 Å². The first-order chi connectivity index (χ1) is 12.3. The van der Waals surface area contributed by atoms with Gasteiger partial charge in [0.15, 0.2) is 0 Å². The highest BCUT2D eigenvalue weighted by Crippen LogP contribution is 2.19. The zero-order chi connectivity index (χ0) is 18.9. The van der Waals surface area contributed by atoms with Crippen molar-refractivity contribution >= 4 is 10.9 Å². The SMILES string of the molecule is CC(N)c1nc2cccc(C#CC(C)(C)O)c2c(=O)n1-c1ccccc1. The van der Waals surface area contributed by atoms with E-state index in [0.717, 1.165) is 0 Å².